The number of carbonyl (C=O) groups is 1. The average molecular weight is 462 g/mol. The predicted octanol–water partition coefficient (Wildman–Crippen LogP) is 4.66. The average Bonchev–Trinajstić information content (AvgIpc) is 3.28. The second-order valence-electron chi connectivity index (χ2n) is 7.23. The van der Waals surface area contributed by atoms with Crippen LogP contribution in [0.2, 0.25) is 10.0 Å². The van der Waals surface area contributed by atoms with Gasteiger partial charge in [0.2, 0.25) is 5.91 Å². The summed E-state index contributed by atoms with van der Waals surface area (Å²) >= 11 is 13.6. The lowest BCUT2D eigenvalue weighted by molar-refractivity contribution is -0.127. The van der Waals surface area contributed by atoms with Crippen LogP contribution < -0.4 is 5.56 Å². The maximum atomic E-state index is 13.2. The Morgan fingerprint density at radius 2 is 1.87 bits per heavy atom. The van der Waals surface area contributed by atoms with Crippen LogP contribution in [-0.4, -0.2) is 39.2 Å². The van der Waals surface area contributed by atoms with Gasteiger partial charge in [-0.15, -0.1) is 0 Å². The molecule has 1 aliphatic heterocycles. The van der Waals surface area contributed by atoms with Crippen molar-refractivity contribution in [2.24, 2.45) is 0 Å². The highest BCUT2D eigenvalue weighted by atomic mass is 35.5. The highest BCUT2D eigenvalue weighted by molar-refractivity contribution is 7.99. The fourth-order valence-corrected chi connectivity index (χ4v) is 5.03. The lowest BCUT2D eigenvalue weighted by Crippen LogP contribution is -2.30. The van der Waals surface area contributed by atoms with E-state index in [9.17, 15) is 9.59 Å². The van der Waals surface area contributed by atoms with Crippen LogP contribution in [0.4, 0.5) is 0 Å². The molecule has 0 spiro atoms. The molecule has 8 heteroatoms. The van der Waals surface area contributed by atoms with E-state index in [4.69, 9.17) is 23.2 Å². The third-order valence-electron chi connectivity index (χ3n) is 5.23. The molecule has 1 fully saturated rings. The molecule has 0 unspecified atom stereocenters. The zero-order valence-corrected chi connectivity index (χ0v) is 18.6. The summed E-state index contributed by atoms with van der Waals surface area (Å²) in [6.07, 6.45) is 2.66. The third-order valence-corrected chi connectivity index (χ3v) is 6.78. The Hall–Kier alpha value is -2.02. The van der Waals surface area contributed by atoms with Crippen LogP contribution in [0.25, 0.3) is 10.9 Å². The molecular formula is C22H21Cl2N3O2S. The van der Waals surface area contributed by atoms with Gasteiger partial charge in [0.15, 0.2) is 5.16 Å². The number of likely N-dealkylation sites (tertiary alicyclic amines) is 1. The summed E-state index contributed by atoms with van der Waals surface area (Å²) in [6, 6.07) is 12.6. The molecule has 1 saturated heterocycles. The van der Waals surface area contributed by atoms with Gasteiger partial charge >= 0.3 is 0 Å². The molecular weight excluding hydrogens is 441 g/mol. The number of amides is 1. The van der Waals surface area contributed by atoms with E-state index in [0.717, 1.165) is 31.5 Å². The van der Waals surface area contributed by atoms with Crippen molar-refractivity contribution in [3.05, 3.63) is 68.4 Å². The molecule has 0 bridgehead atoms. The van der Waals surface area contributed by atoms with Crippen molar-refractivity contribution >= 4 is 51.8 Å². The van der Waals surface area contributed by atoms with Crippen molar-refractivity contribution in [3.63, 3.8) is 0 Å². The van der Waals surface area contributed by atoms with Crippen LogP contribution in [0.15, 0.2) is 52.4 Å². The molecule has 0 aliphatic carbocycles. The van der Waals surface area contributed by atoms with Crippen LogP contribution in [0, 0.1) is 0 Å². The maximum Gasteiger partial charge on any atom is 0.262 e. The summed E-state index contributed by atoms with van der Waals surface area (Å²) in [6.45, 7) is 2.04. The predicted molar refractivity (Wildman–Crippen MR) is 123 cm³/mol. The summed E-state index contributed by atoms with van der Waals surface area (Å²) in [4.78, 5) is 32.2. The van der Waals surface area contributed by atoms with Gasteiger partial charge in [-0.2, -0.15) is 0 Å². The van der Waals surface area contributed by atoms with Gasteiger partial charge in [-0.05, 0) is 49.1 Å². The van der Waals surface area contributed by atoms with Crippen LogP contribution in [0.5, 0.6) is 0 Å². The van der Waals surface area contributed by atoms with Crippen LogP contribution in [-0.2, 0) is 17.8 Å². The van der Waals surface area contributed by atoms with Crippen molar-refractivity contribution < 1.29 is 4.79 Å². The molecule has 1 amide bonds. The summed E-state index contributed by atoms with van der Waals surface area (Å²) in [5.41, 5.74) is 1.44. The lowest BCUT2D eigenvalue weighted by Gasteiger charge is -2.16. The molecule has 0 atom stereocenters. The number of para-hydroxylation sites is 1. The summed E-state index contributed by atoms with van der Waals surface area (Å²) in [5, 5.41) is 2.26. The van der Waals surface area contributed by atoms with Gasteiger partial charge < -0.3 is 4.90 Å². The normalized spacial score (nSPS) is 13.9. The third kappa shape index (κ3) is 4.66. The molecule has 0 N–H and O–H groups in total. The molecule has 5 nitrogen and oxygen atoms in total. The minimum Gasteiger partial charge on any atom is -0.342 e. The quantitative estimate of drug-likeness (QED) is 0.395. The van der Waals surface area contributed by atoms with Crippen LogP contribution in [0.3, 0.4) is 0 Å². The van der Waals surface area contributed by atoms with E-state index in [1.165, 1.54) is 11.8 Å². The van der Waals surface area contributed by atoms with Gasteiger partial charge in [0.1, 0.15) is 0 Å². The Labute approximate surface area is 189 Å². The van der Waals surface area contributed by atoms with Crippen molar-refractivity contribution in [3.8, 4) is 0 Å². The number of fused-ring (bicyclic) bond motifs is 1. The molecule has 0 radical (unpaired) electrons. The van der Waals surface area contributed by atoms with E-state index in [0.29, 0.717) is 39.1 Å². The zero-order valence-electron chi connectivity index (χ0n) is 16.3. The Kier molecular flexibility index (Phi) is 6.66. The molecule has 1 aliphatic rings. The van der Waals surface area contributed by atoms with Gasteiger partial charge in [0, 0.05) is 29.7 Å². The SMILES string of the molecule is O=C(CSc1nc2ccccc2c(=O)n1CCc1ccc(Cl)cc1Cl)N1CCCC1. The first kappa shape index (κ1) is 21.2. The topological polar surface area (TPSA) is 55.2 Å². The number of benzene rings is 2. The minimum atomic E-state index is -0.109. The molecule has 156 valence electrons. The fourth-order valence-electron chi connectivity index (χ4n) is 3.60. The number of aryl methyl sites for hydroxylation is 1. The van der Waals surface area contributed by atoms with E-state index < -0.39 is 0 Å². The second kappa shape index (κ2) is 9.41. The number of nitrogens with zero attached hydrogens (tertiary/aromatic N) is 3. The van der Waals surface area contributed by atoms with Crippen molar-refractivity contribution in [2.75, 3.05) is 18.8 Å². The Morgan fingerprint density at radius 1 is 1.10 bits per heavy atom. The van der Waals surface area contributed by atoms with Crippen LogP contribution >= 0.6 is 35.0 Å². The summed E-state index contributed by atoms with van der Waals surface area (Å²) in [5.74, 6) is 0.360. The Morgan fingerprint density at radius 3 is 2.63 bits per heavy atom. The van der Waals surface area contributed by atoms with E-state index >= 15 is 0 Å². The Balaban J connectivity index is 1.61. The van der Waals surface area contributed by atoms with Gasteiger partial charge in [-0.3, -0.25) is 14.2 Å². The van der Waals surface area contributed by atoms with Crippen molar-refractivity contribution in [1.29, 1.82) is 0 Å². The molecule has 4 rings (SSSR count). The van der Waals surface area contributed by atoms with Gasteiger partial charge in [0.25, 0.3) is 5.56 Å². The molecule has 3 aromatic rings. The number of hydrogen-bond acceptors (Lipinski definition) is 4. The largest absolute Gasteiger partial charge is 0.342 e. The standard InChI is InChI=1S/C22H21Cl2N3O2S/c23-16-8-7-15(18(24)13-16)9-12-27-21(29)17-5-1-2-6-19(17)25-22(27)30-14-20(28)26-10-3-4-11-26/h1-2,5-8,13H,3-4,9-12,14H2. The first-order valence-corrected chi connectivity index (χ1v) is 11.6. The molecule has 2 heterocycles. The fraction of sp³-hybridized carbons (Fsp3) is 0.318. The first-order chi connectivity index (χ1) is 14.5. The van der Waals surface area contributed by atoms with Crippen LogP contribution in [0.1, 0.15) is 18.4 Å². The van der Waals surface area contributed by atoms with E-state index in [2.05, 4.69) is 4.98 Å². The maximum absolute atomic E-state index is 13.2. The van der Waals surface area contributed by atoms with Gasteiger partial charge in [-0.1, -0.05) is 53.2 Å². The van der Waals surface area contributed by atoms with Gasteiger partial charge in [0.05, 0.1) is 16.7 Å². The molecule has 1 aromatic heterocycles. The number of hydrogen-bond donors (Lipinski definition) is 0. The summed E-state index contributed by atoms with van der Waals surface area (Å²) < 4.78 is 1.65. The van der Waals surface area contributed by atoms with Crippen molar-refractivity contribution in [2.45, 2.75) is 31.0 Å². The van der Waals surface area contributed by atoms with Crippen molar-refractivity contribution in [1.82, 2.24) is 14.5 Å². The highest BCUT2D eigenvalue weighted by Crippen LogP contribution is 2.23. The van der Waals surface area contributed by atoms with Gasteiger partial charge in [-0.25, -0.2) is 4.98 Å². The molecule has 0 saturated carbocycles. The number of carbonyl (C=O) groups excluding carboxylic acids is 1. The molecule has 2 aromatic carbocycles. The highest BCUT2D eigenvalue weighted by Gasteiger charge is 2.19. The Bertz CT molecular complexity index is 1140. The first-order valence-electron chi connectivity index (χ1n) is 9.87. The molecule has 30 heavy (non-hydrogen) atoms. The number of thioether (sulfide) groups is 1. The second-order valence-corrected chi connectivity index (χ2v) is 9.02. The monoisotopic (exact) mass is 461 g/mol. The van der Waals surface area contributed by atoms with E-state index in [1.54, 1.807) is 22.8 Å². The smallest absolute Gasteiger partial charge is 0.262 e. The zero-order chi connectivity index (χ0) is 21.1. The number of aromatic nitrogens is 2. The summed E-state index contributed by atoms with van der Waals surface area (Å²) in [7, 11) is 0. The van der Waals surface area contributed by atoms with E-state index in [-0.39, 0.29) is 17.2 Å². The number of rotatable bonds is 6. The minimum absolute atomic E-state index is 0.0900. The van der Waals surface area contributed by atoms with E-state index in [1.807, 2.05) is 29.2 Å². The number of halogens is 2. The lowest BCUT2D eigenvalue weighted by atomic mass is 10.1.